The third kappa shape index (κ3) is 3.39. The number of rotatable bonds is 3. The predicted octanol–water partition coefficient (Wildman–Crippen LogP) is 7.24. The van der Waals surface area contributed by atoms with E-state index in [2.05, 4.69) is 15.2 Å². The minimum Gasteiger partial charge on any atom is -0.305 e. The fraction of sp³-hybridized carbons (Fsp3) is 0. The Labute approximate surface area is 207 Å². The average molecular weight is 501 g/mol. The molecule has 0 saturated heterocycles. The Morgan fingerprint density at radius 2 is 1.38 bits per heavy atom. The second-order valence-corrected chi connectivity index (χ2v) is 9.44. The lowest BCUT2D eigenvalue weighted by Crippen LogP contribution is -2.08. The van der Waals surface area contributed by atoms with Gasteiger partial charge in [-0.1, -0.05) is 89.9 Å². The van der Waals surface area contributed by atoms with Gasteiger partial charge < -0.3 is 4.98 Å². The molecule has 3 heterocycles. The maximum atomic E-state index is 13.1. The quantitative estimate of drug-likeness (QED) is 0.278. The second kappa shape index (κ2) is 8.33. The Hall–Kier alpha value is -3.58. The molecule has 164 valence electrons. The fourth-order valence-corrected chi connectivity index (χ4v) is 5.60. The molecule has 5 nitrogen and oxygen atoms in total. The maximum Gasteiger partial charge on any atom is 0.269 e. The van der Waals surface area contributed by atoms with Crippen molar-refractivity contribution >= 4 is 55.0 Å². The standard InChI is InChI=1S/C26H14Cl2N4OS/c27-16-12-7-13-17(28)19(16)24-29-22-20-18(14-8-3-1-4-9-14)21(15-10-5-2-6-11-15)31-32-26(20)34-23(22)25(33)30-24/h1-13H,(H,29,30,33). The van der Waals surface area contributed by atoms with Crippen LogP contribution in [0.5, 0.6) is 0 Å². The van der Waals surface area contributed by atoms with Crippen LogP contribution in [0.15, 0.2) is 83.7 Å². The summed E-state index contributed by atoms with van der Waals surface area (Å²) in [5.41, 5.74) is 4.22. The van der Waals surface area contributed by atoms with Gasteiger partial charge >= 0.3 is 0 Å². The van der Waals surface area contributed by atoms with Crippen molar-refractivity contribution < 1.29 is 0 Å². The summed E-state index contributed by atoms with van der Waals surface area (Å²) in [6.07, 6.45) is 0. The van der Waals surface area contributed by atoms with Crippen molar-refractivity contribution in [3.05, 3.63) is 99.3 Å². The average Bonchev–Trinajstić information content (AvgIpc) is 3.24. The first kappa shape index (κ1) is 21.0. The van der Waals surface area contributed by atoms with E-state index < -0.39 is 0 Å². The summed E-state index contributed by atoms with van der Waals surface area (Å²) in [5.74, 6) is 0.310. The summed E-state index contributed by atoms with van der Waals surface area (Å²) in [4.78, 5) is 21.5. The third-order valence-corrected chi connectivity index (χ3v) is 7.26. The van der Waals surface area contributed by atoms with Gasteiger partial charge in [0.1, 0.15) is 21.0 Å². The molecule has 0 saturated carbocycles. The summed E-state index contributed by atoms with van der Waals surface area (Å²) >= 11 is 14.1. The van der Waals surface area contributed by atoms with Crippen LogP contribution in [-0.4, -0.2) is 20.2 Å². The number of hydrogen-bond acceptors (Lipinski definition) is 5. The number of nitrogens with one attached hydrogen (secondary N) is 1. The summed E-state index contributed by atoms with van der Waals surface area (Å²) in [6, 6.07) is 25.0. The van der Waals surface area contributed by atoms with Gasteiger partial charge in [0, 0.05) is 16.5 Å². The van der Waals surface area contributed by atoms with E-state index in [0.717, 1.165) is 27.8 Å². The Kier molecular flexibility index (Phi) is 5.14. The normalized spacial score (nSPS) is 11.4. The van der Waals surface area contributed by atoms with E-state index in [1.807, 2.05) is 60.7 Å². The van der Waals surface area contributed by atoms with E-state index >= 15 is 0 Å². The first-order chi connectivity index (χ1) is 16.6. The zero-order valence-electron chi connectivity index (χ0n) is 17.4. The largest absolute Gasteiger partial charge is 0.305 e. The SMILES string of the molecule is O=c1[nH]c(-c2c(Cl)cccc2Cl)nc2c1sc1nnc(-c3ccccc3)c(-c3ccccc3)c12. The number of H-pyrrole nitrogens is 1. The third-order valence-electron chi connectivity index (χ3n) is 5.56. The van der Waals surface area contributed by atoms with Gasteiger partial charge in [-0.15, -0.1) is 21.5 Å². The molecule has 6 rings (SSSR count). The number of halogens is 2. The van der Waals surface area contributed by atoms with Crippen molar-refractivity contribution in [2.24, 2.45) is 0 Å². The van der Waals surface area contributed by atoms with Crippen molar-refractivity contribution in [3.8, 4) is 33.8 Å². The number of hydrogen-bond donors (Lipinski definition) is 1. The van der Waals surface area contributed by atoms with Crippen LogP contribution in [0.4, 0.5) is 0 Å². The molecule has 6 aromatic rings. The Balaban J connectivity index is 1.77. The molecule has 1 N–H and O–H groups in total. The van der Waals surface area contributed by atoms with Crippen LogP contribution in [0.25, 0.3) is 54.2 Å². The van der Waals surface area contributed by atoms with Gasteiger partial charge in [-0.25, -0.2) is 4.98 Å². The topological polar surface area (TPSA) is 71.5 Å². The zero-order chi connectivity index (χ0) is 23.2. The van der Waals surface area contributed by atoms with Crippen LogP contribution in [0.3, 0.4) is 0 Å². The number of aromatic amines is 1. The Morgan fingerprint density at radius 1 is 0.735 bits per heavy atom. The van der Waals surface area contributed by atoms with Crippen molar-refractivity contribution in [2.45, 2.75) is 0 Å². The summed E-state index contributed by atoms with van der Waals surface area (Å²) < 4.78 is 0.471. The van der Waals surface area contributed by atoms with Crippen molar-refractivity contribution in [3.63, 3.8) is 0 Å². The molecule has 8 heteroatoms. The monoisotopic (exact) mass is 500 g/mol. The number of nitrogens with zero attached hydrogens (tertiary/aromatic N) is 3. The van der Waals surface area contributed by atoms with Crippen molar-refractivity contribution in [2.75, 3.05) is 0 Å². The Morgan fingerprint density at radius 3 is 2.06 bits per heavy atom. The van der Waals surface area contributed by atoms with Gasteiger partial charge in [-0.3, -0.25) is 4.79 Å². The highest BCUT2D eigenvalue weighted by Crippen LogP contribution is 2.42. The molecule has 0 atom stereocenters. The van der Waals surface area contributed by atoms with Gasteiger partial charge in [-0.2, -0.15) is 0 Å². The first-order valence-electron chi connectivity index (χ1n) is 10.4. The van der Waals surface area contributed by atoms with Gasteiger partial charge in [0.15, 0.2) is 0 Å². The van der Waals surface area contributed by atoms with E-state index in [-0.39, 0.29) is 5.56 Å². The zero-order valence-corrected chi connectivity index (χ0v) is 19.7. The molecular formula is C26H14Cl2N4OS. The van der Waals surface area contributed by atoms with Crippen molar-refractivity contribution in [1.82, 2.24) is 20.2 Å². The van der Waals surface area contributed by atoms with E-state index in [0.29, 0.717) is 36.5 Å². The van der Waals surface area contributed by atoms with E-state index in [9.17, 15) is 4.79 Å². The highest BCUT2D eigenvalue weighted by molar-refractivity contribution is 7.25. The first-order valence-corrected chi connectivity index (χ1v) is 12.0. The summed E-state index contributed by atoms with van der Waals surface area (Å²) in [5, 5.41) is 10.6. The van der Waals surface area contributed by atoms with E-state index in [1.54, 1.807) is 18.2 Å². The molecule has 0 aliphatic carbocycles. The molecule has 0 unspecified atom stereocenters. The smallest absolute Gasteiger partial charge is 0.269 e. The van der Waals surface area contributed by atoms with Gasteiger partial charge in [-0.05, 0) is 17.7 Å². The second-order valence-electron chi connectivity index (χ2n) is 7.63. The van der Waals surface area contributed by atoms with Gasteiger partial charge in [0.05, 0.1) is 21.1 Å². The maximum absolute atomic E-state index is 13.1. The van der Waals surface area contributed by atoms with E-state index in [4.69, 9.17) is 28.2 Å². The number of aromatic nitrogens is 4. The summed E-state index contributed by atoms with van der Waals surface area (Å²) in [7, 11) is 0. The minimum atomic E-state index is -0.278. The van der Waals surface area contributed by atoms with Crippen LogP contribution >= 0.6 is 34.5 Å². The molecular weight excluding hydrogens is 487 g/mol. The molecule has 3 aromatic heterocycles. The van der Waals surface area contributed by atoms with E-state index in [1.165, 1.54) is 11.3 Å². The number of thiophene rings is 1. The van der Waals surface area contributed by atoms with Crippen LogP contribution in [-0.2, 0) is 0 Å². The number of benzene rings is 3. The molecule has 0 fully saturated rings. The van der Waals surface area contributed by atoms with Crippen LogP contribution in [0, 0.1) is 0 Å². The molecule has 34 heavy (non-hydrogen) atoms. The predicted molar refractivity (Wildman–Crippen MR) is 140 cm³/mol. The lowest BCUT2D eigenvalue weighted by Gasteiger charge is -2.11. The molecule has 0 aliphatic heterocycles. The van der Waals surface area contributed by atoms with Crippen molar-refractivity contribution in [1.29, 1.82) is 0 Å². The molecule has 0 spiro atoms. The number of fused-ring (bicyclic) bond motifs is 3. The van der Waals surface area contributed by atoms with Gasteiger partial charge in [0.25, 0.3) is 5.56 Å². The lowest BCUT2D eigenvalue weighted by molar-refractivity contribution is 1.09. The molecule has 0 radical (unpaired) electrons. The van der Waals surface area contributed by atoms with Crippen LogP contribution < -0.4 is 5.56 Å². The Bertz CT molecular complexity index is 1730. The van der Waals surface area contributed by atoms with Crippen LogP contribution in [0.1, 0.15) is 0 Å². The lowest BCUT2D eigenvalue weighted by atomic mass is 9.97. The highest BCUT2D eigenvalue weighted by Gasteiger charge is 2.22. The molecule has 3 aromatic carbocycles. The minimum absolute atomic E-state index is 0.278. The van der Waals surface area contributed by atoms with Gasteiger partial charge in [0.2, 0.25) is 0 Å². The fourth-order valence-electron chi connectivity index (χ4n) is 4.06. The highest BCUT2D eigenvalue weighted by atomic mass is 35.5. The summed E-state index contributed by atoms with van der Waals surface area (Å²) in [6.45, 7) is 0. The van der Waals surface area contributed by atoms with Crippen LogP contribution in [0.2, 0.25) is 10.0 Å². The molecule has 0 amide bonds. The molecule has 0 aliphatic rings. The molecule has 0 bridgehead atoms.